The molecule has 0 fully saturated rings. The summed E-state index contributed by atoms with van der Waals surface area (Å²) in [5.74, 6) is -2.51. The van der Waals surface area contributed by atoms with Gasteiger partial charge in [0, 0.05) is 28.9 Å². The Morgan fingerprint density at radius 3 is 2.29 bits per heavy atom. The molecular weight excluding hydrogens is 308 g/mol. The van der Waals surface area contributed by atoms with Crippen LogP contribution < -0.4 is 5.73 Å². The Bertz CT molecular complexity index is 768. The Morgan fingerprint density at radius 2 is 1.62 bits per heavy atom. The maximum Gasteiger partial charge on any atom is 0.328 e. The maximum absolute atomic E-state index is 9.55. The number of hydrogen-bond acceptors (Lipinski definition) is 4. The second kappa shape index (κ2) is 8.10. The van der Waals surface area contributed by atoms with Crippen LogP contribution in [0.2, 0.25) is 0 Å². The van der Waals surface area contributed by atoms with Crippen molar-refractivity contribution in [3.8, 4) is 0 Å². The highest BCUT2D eigenvalue weighted by molar-refractivity contribution is 5.92. The van der Waals surface area contributed by atoms with E-state index in [0.717, 1.165) is 29.4 Å². The highest BCUT2D eigenvalue weighted by atomic mass is 16.4. The second-order valence-corrected chi connectivity index (χ2v) is 5.54. The number of carboxylic acids is 2. The number of aromatic nitrogens is 1. The molecular formula is C18H20N2O4. The summed E-state index contributed by atoms with van der Waals surface area (Å²) in [4.78, 5) is 23.9. The molecule has 0 bridgehead atoms. The highest BCUT2D eigenvalue weighted by Gasteiger charge is 2.14. The fourth-order valence-corrected chi connectivity index (χ4v) is 2.73. The zero-order chi connectivity index (χ0) is 17.5. The number of carboxylic acid groups (broad SMARTS) is 2. The Hall–Kier alpha value is -2.89. The number of anilines is 1. The van der Waals surface area contributed by atoms with Crippen molar-refractivity contribution in [2.24, 2.45) is 0 Å². The molecule has 3 rings (SSSR count). The van der Waals surface area contributed by atoms with E-state index in [-0.39, 0.29) is 0 Å². The highest BCUT2D eigenvalue weighted by Crippen LogP contribution is 2.30. The fourth-order valence-electron chi connectivity index (χ4n) is 2.73. The van der Waals surface area contributed by atoms with E-state index in [1.54, 1.807) is 0 Å². The minimum Gasteiger partial charge on any atom is -0.478 e. The minimum atomic E-state index is -1.26. The van der Waals surface area contributed by atoms with Gasteiger partial charge < -0.3 is 15.9 Å². The first-order valence-corrected chi connectivity index (χ1v) is 7.79. The molecule has 0 saturated carbocycles. The monoisotopic (exact) mass is 328 g/mol. The van der Waals surface area contributed by atoms with Gasteiger partial charge in [-0.15, -0.1) is 0 Å². The lowest BCUT2D eigenvalue weighted by Gasteiger charge is -2.11. The second-order valence-electron chi connectivity index (χ2n) is 5.54. The first-order chi connectivity index (χ1) is 11.5. The normalized spacial score (nSPS) is 13.7. The number of aryl methyl sites for hydroxylation is 1. The van der Waals surface area contributed by atoms with E-state index in [1.165, 1.54) is 30.5 Å². The topological polar surface area (TPSA) is 114 Å². The van der Waals surface area contributed by atoms with Crippen molar-refractivity contribution < 1.29 is 19.8 Å². The molecule has 1 aliphatic carbocycles. The largest absolute Gasteiger partial charge is 0.478 e. The van der Waals surface area contributed by atoms with Gasteiger partial charge in [0.25, 0.3) is 0 Å². The summed E-state index contributed by atoms with van der Waals surface area (Å²) in [5.41, 5.74) is 10.8. The van der Waals surface area contributed by atoms with Gasteiger partial charge in [-0.05, 0) is 37.3 Å². The number of hydrogen-bond donors (Lipinski definition) is 3. The Labute approximate surface area is 139 Å². The average Bonchev–Trinajstić information content (AvgIpc) is 2.79. The SMILES string of the molecule is Nc1c2c(nc3ccccc13)CCCCC2.O=C(O)/C=C/C(=O)O. The zero-order valence-corrected chi connectivity index (χ0v) is 13.2. The molecule has 6 nitrogen and oxygen atoms in total. The van der Waals surface area contributed by atoms with Crippen molar-refractivity contribution in [1.82, 2.24) is 4.98 Å². The lowest BCUT2D eigenvalue weighted by molar-refractivity contribution is -0.134. The summed E-state index contributed by atoms with van der Waals surface area (Å²) in [7, 11) is 0. The molecule has 2 aromatic rings. The van der Waals surface area contributed by atoms with Crippen molar-refractivity contribution in [2.45, 2.75) is 32.1 Å². The van der Waals surface area contributed by atoms with Crippen LogP contribution in [0, 0.1) is 0 Å². The lowest BCUT2D eigenvalue weighted by Crippen LogP contribution is -2.02. The molecule has 0 spiro atoms. The van der Waals surface area contributed by atoms with Crippen molar-refractivity contribution in [3.05, 3.63) is 47.7 Å². The molecule has 126 valence electrons. The van der Waals surface area contributed by atoms with Crippen molar-refractivity contribution in [3.63, 3.8) is 0 Å². The molecule has 24 heavy (non-hydrogen) atoms. The Balaban J connectivity index is 0.000000224. The Kier molecular flexibility index (Phi) is 5.89. The number of benzene rings is 1. The molecule has 4 N–H and O–H groups in total. The number of rotatable bonds is 2. The summed E-state index contributed by atoms with van der Waals surface area (Å²) >= 11 is 0. The number of pyridine rings is 1. The standard InChI is InChI=1S/C14H16N2.C4H4O4/c15-14-10-6-2-1-3-8-12(10)16-13-9-5-4-7-11(13)14;5-3(6)1-2-4(7)8/h4-5,7,9H,1-3,6,8H2,(H2,15,16);1-2H,(H,5,6)(H,7,8)/b;2-1+. The van der Waals surface area contributed by atoms with Gasteiger partial charge in [-0.1, -0.05) is 24.6 Å². The van der Waals surface area contributed by atoms with Crippen LogP contribution in [-0.2, 0) is 22.4 Å². The molecule has 1 aliphatic rings. The van der Waals surface area contributed by atoms with Gasteiger partial charge in [0.2, 0.25) is 0 Å². The molecule has 6 heteroatoms. The van der Waals surface area contributed by atoms with E-state index < -0.39 is 11.9 Å². The molecule has 0 atom stereocenters. The third-order valence-electron chi connectivity index (χ3n) is 3.83. The third kappa shape index (κ3) is 4.55. The van der Waals surface area contributed by atoms with Crippen LogP contribution >= 0.6 is 0 Å². The summed E-state index contributed by atoms with van der Waals surface area (Å²) in [6.07, 6.45) is 7.09. The molecule has 1 heterocycles. The number of nitrogen functional groups attached to an aromatic ring is 1. The van der Waals surface area contributed by atoms with E-state index in [2.05, 4.69) is 12.1 Å². The van der Waals surface area contributed by atoms with E-state index in [0.29, 0.717) is 12.2 Å². The number of aliphatic carboxylic acids is 2. The predicted octanol–water partition coefficient (Wildman–Crippen LogP) is 2.80. The zero-order valence-electron chi connectivity index (χ0n) is 13.2. The van der Waals surface area contributed by atoms with Crippen LogP contribution in [0.15, 0.2) is 36.4 Å². The van der Waals surface area contributed by atoms with Crippen LogP contribution in [0.5, 0.6) is 0 Å². The van der Waals surface area contributed by atoms with Gasteiger partial charge in [-0.25, -0.2) is 9.59 Å². The van der Waals surface area contributed by atoms with Crippen LogP contribution in [0.3, 0.4) is 0 Å². The van der Waals surface area contributed by atoms with Crippen LogP contribution in [-0.4, -0.2) is 27.1 Å². The first-order valence-electron chi connectivity index (χ1n) is 7.79. The summed E-state index contributed by atoms with van der Waals surface area (Å²) in [6, 6.07) is 8.18. The first kappa shape index (κ1) is 17.5. The smallest absolute Gasteiger partial charge is 0.328 e. The predicted molar refractivity (Wildman–Crippen MR) is 91.8 cm³/mol. The van der Waals surface area contributed by atoms with E-state index in [1.807, 2.05) is 12.1 Å². The third-order valence-corrected chi connectivity index (χ3v) is 3.83. The van der Waals surface area contributed by atoms with Crippen LogP contribution in [0.1, 0.15) is 30.5 Å². The number of nitrogens with two attached hydrogens (primary N) is 1. The van der Waals surface area contributed by atoms with Gasteiger partial charge in [-0.2, -0.15) is 0 Å². The van der Waals surface area contributed by atoms with Crippen molar-refractivity contribution >= 4 is 28.5 Å². The van der Waals surface area contributed by atoms with Crippen molar-refractivity contribution in [1.29, 1.82) is 0 Å². The number of para-hydroxylation sites is 1. The van der Waals surface area contributed by atoms with Gasteiger partial charge in [-0.3, -0.25) is 4.98 Å². The number of nitrogens with zero attached hydrogens (tertiary/aromatic N) is 1. The molecule has 0 unspecified atom stereocenters. The quantitative estimate of drug-likeness (QED) is 0.577. The van der Waals surface area contributed by atoms with Gasteiger partial charge in [0.05, 0.1) is 5.52 Å². The van der Waals surface area contributed by atoms with Crippen molar-refractivity contribution in [2.75, 3.05) is 5.73 Å². The number of carbonyl (C=O) groups is 2. The average molecular weight is 328 g/mol. The van der Waals surface area contributed by atoms with Gasteiger partial charge in [0.1, 0.15) is 0 Å². The summed E-state index contributed by atoms with van der Waals surface area (Å²) in [5, 5.41) is 16.7. The Morgan fingerprint density at radius 1 is 1.00 bits per heavy atom. The molecule has 1 aromatic carbocycles. The number of fused-ring (bicyclic) bond motifs is 2. The lowest BCUT2D eigenvalue weighted by atomic mass is 10.0. The molecule has 0 radical (unpaired) electrons. The van der Waals surface area contributed by atoms with E-state index >= 15 is 0 Å². The van der Waals surface area contributed by atoms with Crippen LogP contribution in [0.25, 0.3) is 10.9 Å². The summed E-state index contributed by atoms with van der Waals surface area (Å²) in [6.45, 7) is 0. The van der Waals surface area contributed by atoms with Crippen LogP contribution in [0.4, 0.5) is 5.69 Å². The molecule has 0 aliphatic heterocycles. The van der Waals surface area contributed by atoms with Gasteiger partial charge in [0.15, 0.2) is 0 Å². The molecule has 0 saturated heterocycles. The minimum absolute atomic E-state index is 0.558. The maximum atomic E-state index is 9.55. The molecule has 0 amide bonds. The molecule has 1 aromatic heterocycles. The van der Waals surface area contributed by atoms with E-state index in [4.69, 9.17) is 20.9 Å². The summed E-state index contributed by atoms with van der Waals surface area (Å²) < 4.78 is 0. The van der Waals surface area contributed by atoms with Gasteiger partial charge >= 0.3 is 11.9 Å². The fraction of sp³-hybridized carbons (Fsp3) is 0.278. The van der Waals surface area contributed by atoms with E-state index in [9.17, 15) is 9.59 Å².